The Morgan fingerprint density at radius 1 is 1.56 bits per heavy atom. The van der Waals surface area contributed by atoms with Gasteiger partial charge in [-0.15, -0.1) is 16.7 Å². The summed E-state index contributed by atoms with van der Waals surface area (Å²) < 4.78 is 5.34. The van der Waals surface area contributed by atoms with E-state index in [1.807, 2.05) is 0 Å². The number of carbonyl (C=O) groups is 1. The quantitative estimate of drug-likeness (QED) is 0.737. The molecule has 0 aliphatic heterocycles. The largest absolute Gasteiger partial charge is 0.408 e. The number of carbonyl (C=O) groups excluding carboxylic acids is 1. The van der Waals surface area contributed by atoms with E-state index >= 15 is 0 Å². The van der Waals surface area contributed by atoms with Crippen LogP contribution in [0.15, 0.2) is 4.42 Å². The van der Waals surface area contributed by atoms with E-state index in [4.69, 9.17) is 16.0 Å². The molecule has 0 saturated carbocycles. The van der Waals surface area contributed by atoms with Gasteiger partial charge in [-0.1, -0.05) is 5.10 Å². The molecule has 0 radical (unpaired) electrons. The van der Waals surface area contributed by atoms with Crippen LogP contribution in [0.1, 0.15) is 12.3 Å². The van der Waals surface area contributed by atoms with Crippen molar-refractivity contribution >= 4 is 23.5 Å². The molecule has 0 atom stereocenters. The van der Waals surface area contributed by atoms with Crippen molar-refractivity contribution < 1.29 is 9.21 Å². The maximum absolute atomic E-state index is 11.0. The Labute approximate surface area is 99.0 Å². The number of alkyl halides is 1. The van der Waals surface area contributed by atoms with Crippen LogP contribution < -0.4 is 10.2 Å². The number of anilines is 1. The van der Waals surface area contributed by atoms with Gasteiger partial charge in [0.25, 0.3) is 0 Å². The first-order valence-corrected chi connectivity index (χ1v) is 5.51. The topological polar surface area (TPSA) is 71.3 Å². The molecule has 90 valence electrons. The van der Waals surface area contributed by atoms with E-state index in [0.29, 0.717) is 37.2 Å². The van der Waals surface area contributed by atoms with Crippen LogP contribution in [-0.4, -0.2) is 42.6 Å². The molecule has 1 aromatic heterocycles. The number of hydrogen-bond donors (Lipinski definition) is 1. The number of rotatable bonds is 6. The van der Waals surface area contributed by atoms with Crippen molar-refractivity contribution in [2.75, 3.05) is 31.4 Å². The molecular formula is C9H15ClN4O2. The van der Waals surface area contributed by atoms with Crippen LogP contribution in [0.5, 0.6) is 0 Å². The van der Waals surface area contributed by atoms with E-state index in [2.05, 4.69) is 15.5 Å². The van der Waals surface area contributed by atoms with Gasteiger partial charge in [-0.25, -0.2) is 0 Å². The van der Waals surface area contributed by atoms with Crippen molar-refractivity contribution in [3.05, 3.63) is 5.89 Å². The van der Waals surface area contributed by atoms with Crippen LogP contribution in [0, 0.1) is 0 Å². The Balaban J connectivity index is 2.45. The van der Waals surface area contributed by atoms with Gasteiger partial charge >= 0.3 is 6.01 Å². The number of aromatic nitrogens is 2. The van der Waals surface area contributed by atoms with Gasteiger partial charge in [-0.05, 0) is 0 Å². The molecular weight excluding hydrogens is 232 g/mol. The summed E-state index contributed by atoms with van der Waals surface area (Å²) >= 11 is 5.55. The van der Waals surface area contributed by atoms with Crippen molar-refractivity contribution in [3.63, 3.8) is 0 Å². The Hall–Kier alpha value is -1.30. The average Bonchev–Trinajstić information content (AvgIpc) is 2.74. The Kier molecular flexibility index (Phi) is 5.04. The van der Waals surface area contributed by atoms with E-state index < -0.39 is 0 Å². The first-order chi connectivity index (χ1) is 7.67. The van der Waals surface area contributed by atoms with Gasteiger partial charge in [0.2, 0.25) is 11.8 Å². The number of nitrogens with zero attached hydrogens (tertiary/aromatic N) is 3. The van der Waals surface area contributed by atoms with Crippen LogP contribution in [0.25, 0.3) is 0 Å². The lowest BCUT2D eigenvalue weighted by Gasteiger charge is -2.12. The van der Waals surface area contributed by atoms with Gasteiger partial charge < -0.3 is 14.6 Å². The molecule has 1 N–H and O–H groups in total. The minimum absolute atomic E-state index is 0.0210. The normalized spacial score (nSPS) is 10.2. The lowest BCUT2D eigenvalue weighted by Crippen LogP contribution is -2.26. The molecule has 0 aliphatic rings. The molecule has 0 spiro atoms. The summed E-state index contributed by atoms with van der Waals surface area (Å²) in [4.78, 5) is 12.8. The standard InChI is InChI=1S/C9H15ClN4O2/c1-11-7(15)4-6-14(2)9-13-12-8(16-9)3-5-10/h3-6H2,1-2H3,(H,11,15). The lowest BCUT2D eigenvalue weighted by atomic mass is 10.4. The summed E-state index contributed by atoms with van der Waals surface area (Å²) in [6.07, 6.45) is 0.943. The number of nitrogens with one attached hydrogen (secondary N) is 1. The van der Waals surface area contributed by atoms with E-state index in [1.54, 1.807) is 19.0 Å². The van der Waals surface area contributed by atoms with Crippen molar-refractivity contribution in [2.45, 2.75) is 12.8 Å². The number of amides is 1. The monoisotopic (exact) mass is 246 g/mol. The fourth-order valence-electron chi connectivity index (χ4n) is 1.07. The molecule has 7 heteroatoms. The summed E-state index contributed by atoms with van der Waals surface area (Å²) in [6, 6.07) is 0.406. The van der Waals surface area contributed by atoms with Crippen LogP contribution in [0.4, 0.5) is 6.01 Å². The minimum Gasteiger partial charge on any atom is -0.408 e. The van der Waals surface area contributed by atoms with Crippen molar-refractivity contribution in [3.8, 4) is 0 Å². The van der Waals surface area contributed by atoms with Crippen molar-refractivity contribution in [2.24, 2.45) is 0 Å². The van der Waals surface area contributed by atoms with E-state index in [0.717, 1.165) is 0 Å². The van der Waals surface area contributed by atoms with Gasteiger partial charge in [-0.3, -0.25) is 4.79 Å². The number of halogens is 1. The third-order valence-electron chi connectivity index (χ3n) is 2.04. The Bertz CT molecular complexity index is 342. The van der Waals surface area contributed by atoms with Crippen LogP contribution in [0.2, 0.25) is 0 Å². The highest BCUT2D eigenvalue weighted by atomic mass is 35.5. The van der Waals surface area contributed by atoms with E-state index in [9.17, 15) is 4.79 Å². The molecule has 0 fully saturated rings. The summed E-state index contributed by atoms with van der Waals surface area (Å²) in [5, 5.41) is 10.2. The molecule has 1 rings (SSSR count). The molecule has 0 bridgehead atoms. The number of aryl methyl sites for hydroxylation is 1. The molecule has 0 unspecified atom stereocenters. The predicted octanol–water partition coefficient (Wildman–Crippen LogP) is 0.423. The molecule has 0 aromatic carbocycles. The van der Waals surface area contributed by atoms with E-state index in [-0.39, 0.29) is 5.91 Å². The van der Waals surface area contributed by atoms with Crippen LogP contribution in [0.3, 0.4) is 0 Å². The summed E-state index contributed by atoms with van der Waals surface area (Å²) in [7, 11) is 3.40. The average molecular weight is 247 g/mol. The Morgan fingerprint density at radius 3 is 2.94 bits per heavy atom. The molecule has 16 heavy (non-hydrogen) atoms. The molecule has 1 heterocycles. The highest BCUT2D eigenvalue weighted by Gasteiger charge is 2.11. The first-order valence-electron chi connectivity index (χ1n) is 4.97. The minimum atomic E-state index is -0.0210. The fourth-order valence-corrected chi connectivity index (χ4v) is 1.23. The molecule has 1 amide bonds. The number of hydrogen-bond acceptors (Lipinski definition) is 5. The zero-order chi connectivity index (χ0) is 12.0. The van der Waals surface area contributed by atoms with Gasteiger partial charge in [0, 0.05) is 39.4 Å². The zero-order valence-electron chi connectivity index (χ0n) is 9.36. The third kappa shape index (κ3) is 3.69. The van der Waals surface area contributed by atoms with Crippen LogP contribution >= 0.6 is 11.6 Å². The molecule has 0 saturated heterocycles. The summed E-state index contributed by atoms with van der Waals surface area (Å²) in [5.74, 6) is 0.938. The van der Waals surface area contributed by atoms with Crippen LogP contribution in [-0.2, 0) is 11.2 Å². The SMILES string of the molecule is CNC(=O)CCN(C)c1nnc(CCCl)o1. The second-order valence-electron chi connectivity index (χ2n) is 3.26. The molecule has 0 aliphatic carbocycles. The highest BCUT2D eigenvalue weighted by molar-refractivity contribution is 6.17. The third-order valence-corrected chi connectivity index (χ3v) is 2.23. The molecule has 6 nitrogen and oxygen atoms in total. The Morgan fingerprint density at radius 2 is 2.31 bits per heavy atom. The maximum atomic E-state index is 11.0. The van der Waals surface area contributed by atoms with Gasteiger partial charge in [0.15, 0.2) is 0 Å². The lowest BCUT2D eigenvalue weighted by molar-refractivity contribution is -0.120. The van der Waals surface area contributed by atoms with Gasteiger partial charge in [0.05, 0.1) is 0 Å². The maximum Gasteiger partial charge on any atom is 0.317 e. The van der Waals surface area contributed by atoms with E-state index in [1.165, 1.54) is 0 Å². The zero-order valence-corrected chi connectivity index (χ0v) is 10.1. The predicted molar refractivity (Wildman–Crippen MR) is 60.7 cm³/mol. The smallest absolute Gasteiger partial charge is 0.317 e. The molecule has 1 aromatic rings. The summed E-state index contributed by atoms with van der Waals surface area (Å²) in [6.45, 7) is 0.530. The summed E-state index contributed by atoms with van der Waals surface area (Å²) in [5.41, 5.74) is 0. The van der Waals surface area contributed by atoms with Crippen molar-refractivity contribution in [1.29, 1.82) is 0 Å². The second-order valence-corrected chi connectivity index (χ2v) is 3.64. The first kappa shape index (κ1) is 12.8. The fraction of sp³-hybridized carbons (Fsp3) is 0.667. The highest BCUT2D eigenvalue weighted by Crippen LogP contribution is 2.11. The van der Waals surface area contributed by atoms with Gasteiger partial charge in [-0.2, -0.15) is 0 Å². The second kappa shape index (κ2) is 6.32. The van der Waals surface area contributed by atoms with Crippen molar-refractivity contribution in [1.82, 2.24) is 15.5 Å². The van der Waals surface area contributed by atoms with Gasteiger partial charge in [0.1, 0.15) is 0 Å².